The van der Waals surface area contributed by atoms with E-state index in [0.29, 0.717) is 17.8 Å². The van der Waals surface area contributed by atoms with Gasteiger partial charge in [-0.1, -0.05) is 0 Å². The number of thioether (sulfide) groups is 1. The zero-order chi connectivity index (χ0) is 17.3. The van der Waals surface area contributed by atoms with Crippen molar-refractivity contribution in [3.63, 3.8) is 0 Å². The number of ether oxygens (including phenoxy) is 1. The van der Waals surface area contributed by atoms with Crippen LogP contribution < -0.4 is 5.73 Å². The van der Waals surface area contributed by atoms with Crippen LogP contribution in [0.4, 0.5) is 0 Å². The van der Waals surface area contributed by atoms with Crippen LogP contribution in [0, 0.1) is 0 Å². The van der Waals surface area contributed by atoms with E-state index in [1.165, 1.54) is 29.0 Å². The van der Waals surface area contributed by atoms with Gasteiger partial charge in [0.1, 0.15) is 24.8 Å². The first-order valence-electron chi connectivity index (χ1n) is 7.19. The number of aliphatic hydroxyl groups is 2. The van der Waals surface area contributed by atoms with Crippen molar-refractivity contribution in [2.24, 2.45) is 5.73 Å². The number of aromatic hydroxyl groups is 1. The molecule has 0 spiro atoms. The Kier molecular flexibility index (Phi) is 4.96. The van der Waals surface area contributed by atoms with Gasteiger partial charge in [-0.2, -0.15) is 16.7 Å². The summed E-state index contributed by atoms with van der Waals surface area (Å²) in [5.74, 6) is 0.483. The third-order valence-electron chi connectivity index (χ3n) is 3.72. The van der Waals surface area contributed by atoms with Gasteiger partial charge in [-0.25, -0.2) is 9.97 Å². The predicted molar refractivity (Wildman–Crippen MR) is 84.3 cm³/mol. The molecule has 11 heteroatoms. The highest BCUT2D eigenvalue weighted by Crippen LogP contribution is 2.33. The van der Waals surface area contributed by atoms with E-state index in [1.54, 1.807) is 0 Å². The third kappa shape index (κ3) is 3.08. The van der Waals surface area contributed by atoms with E-state index in [9.17, 15) is 20.1 Å². The topological polar surface area (TPSA) is 157 Å². The second kappa shape index (κ2) is 6.99. The van der Waals surface area contributed by atoms with E-state index in [2.05, 4.69) is 15.0 Å². The third-order valence-corrected chi connectivity index (χ3v) is 4.90. The van der Waals surface area contributed by atoms with Crippen molar-refractivity contribution in [2.45, 2.75) is 30.6 Å². The smallest absolute Gasteiger partial charge is 0.242 e. The minimum absolute atomic E-state index is 0.178. The number of fused-ring (bicyclic) bond motifs is 1. The lowest BCUT2D eigenvalue weighted by molar-refractivity contribution is -0.108. The zero-order valence-electron chi connectivity index (χ0n) is 12.5. The molecule has 0 aliphatic carbocycles. The summed E-state index contributed by atoms with van der Waals surface area (Å²) in [5.41, 5.74) is 5.97. The molecule has 0 bridgehead atoms. The highest BCUT2D eigenvalue weighted by molar-refractivity contribution is 7.99. The van der Waals surface area contributed by atoms with Crippen LogP contribution >= 0.6 is 11.8 Å². The first kappa shape index (κ1) is 17.0. The number of hydrogen-bond acceptors (Lipinski definition) is 10. The number of nitrogens with two attached hydrogens (primary N) is 1. The number of hydrogen-bond donors (Lipinski definition) is 4. The van der Waals surface area contributed by atoms with Crippen LogP contribution in [-0.4, -0.2) is 77.0 Å². The quantitative estimate of drug-likeness (QED) is 0.445. The van der Waals surface area contributed by atoms with Gasteiger partial charge in [0, 0.05) is 11.5 Å². The maximum absolute atomic E-state index is 10.5. The number of rotatable bonds is 6. The Morgan fingerprint density at radius 1 is 1.38 bits per heavy atom. The van der Waals surface area contributed by atoms with Gasteiger partial charge in [0.15, 0.2) is 17.4 Å². The summed E-state index contributed by atoms with van der Waals surface area (Å²) in [7, 11) is 0. The van der Waals surface area contributed by atoms with Crippen molar-refractivity contribution < 1.29 is 24.9 Å². The van der Waals surface area contributed by atoms with Crippen molar-refractivity contribution in [1.29, 1.82) is 0 Å². The summed E-state index contributed by atoms with van der Waals surface area (Å²) in [4.78, 5) is 22.2. The lowest BCUT2D eigenvalue weighted by Crippen LogP contribution is -2.33. The van der Waals surface area contributed by atoms with Gasteiger partial charge in [-0.15, -0.1) is 0 Å². The van der Waals surface area contributed by atoms with Crippen molar-refractivity contribution in [3.8, 4) is 5.88 Å². The average Bonchev–Trinajstić information content (AvgIpc) is 3.12. The van der Waals surface area contributed by atoms with Gasteiger partial charge in [-0.3, -0.25) is 4.57 Å². The maximum atomic E-state index is 10.5. The first-order valence-corrected chi connectivity index (χ1v) is 8.35. The highest BCUT2D eigenvalue weighted by Gasteiger charge is 2.44. The van der Waals surface area contributed by atoms with Crippen molar-refractivity contribution in [2.75, 3.05) is 11.5 Å². The van der Waals surface area contributed by atoms with Gasteiger partial charge >= 0.3 is 0 Å². The summed E-state index contributed by atoms with van der Waals surface area (Å²) >= 11 is 1.35. The molecule has 1 aliphatic heterocycles. The lowest BCUT2D eigenvalue weighted by atomic mass is 10.1. The standard InChI is InChI=1S/C13H17N5O5S/c14-6(1-19)2-24-3-7-9(20)10(21)13(23-7)18-5-17-8-11(18)15-4-16-12(8)22/h1,4-7,9-10,13,20-21H,2-3,14H2,(H,15,16,22)/t6-,7-,9-,10-,13-/m1/s1. The number of aldehydes is 1. The number of imidazole rings is 1. The molecular weight excluding hydrogens is 338 g/mol. The van der Waals surface area contributed by atoms with E-state index in [0.717, 1.165) is 0 Å². The van der Waals surface area contributed by atoms with Crippen LogP contribution in [0.15, 0.2) is 12.7 Å². The van der Waals surface area contributed by atoms with E-state index in [-0.39, 0.29) is 17.0 Å². The van der Waals surface area contributed by atoms with E-state index in [1.807, 2.05) is 0 Å². The van der Waals surface area contributed by atoms with Crippen molar-refractivity contribution >= 4 is 29.2 Å². The molecule has 0 saturated carbocycles. The second-order valence-corrected chi connectivity index (χ2v) is 6.48. The van der Waals surface area contributed by atoms with E-state index >= 15 is 0 Å². The molecule has 2 aromatic heterocycles. The first-order chi connectivity index (χ1) is 11.5. The molecule has 0 radical (unpaired) electrons. The Hall–Kier alpha value is -1.79. The fraction of sp³-hybridized carbons (Fsp3) is 0.538. The van der Waals surface area contributed by atoms with Gasteiger partial charge in [0.2, 0.25) is 5.88 Å². The molecule has 2 aromatic rings. The number of nitrogens with zero attached hydrogens (tertiary/aromatic N) is 4. The van der Waals surface area contributed by atoms with Crippen molar-refractivity contribution in [3.05, 3.63) is 12.7 Å². The van der Waals surface area contributed by atoms with Crippen LogP contribution in [0.5, 0.6) is 5.88 Å². The zero-order valence-corrected chi connectivity index (χ0v) is 13.3. The number of aromatic nitrogens is 4. The SMILES string of the molecule is N[C@H](C=O)CSC[C@H]1O[C@@H](n2cnc3c(O)ncnc32)[C@H](O)[C@@H]1O. The van der Waals surface area contributed by atoms with Gasteiger partial charge in [0.25, 0.3) is 0 Å². The molecule has 0 amide bonds. The molecule has 5 N–H and O–H groups in total. The molecule has 1 fully saturated rings. The van der Waals surface area contributed by atoms with E-state index < -0.39 is 30.6 Å². The Bertz CT molecular complexity index is 728. The normalized spacial score (nSPS) is 28.3. The summed E-state index contributed by atoms with van der Waals surface area (Å²) in [6.45, 7) is 0. The minimum atomic E-state index is -1.19. The average molecular weight is 355 g/mol. The molecule has 0 unspecified atom stereocenters. The minimum Gasteiger partial charge on any atom is -0.492 e. The van der Waals surface area contributed by atoms with Crippen LogP contribution in [0.25, 0.3) is 11.2 Å². The monoisotopic (exact) mass is 355 g/mol. The van der Waals surface area contributed by atoms with Gasteiger partial charge < -0.3 is 30.6 Å². The Balaban J connectivity index is 1.74. The number of aliphatic hydroxyl groups excluding tert-OH is 2. The molecule has 5 atom stereocenters. The molecule has 0 aromatic carbocycles. The largest absolute Gasteiger partial charge is 0.492 e. The fourth-order valence-electron chi connectivity index (χ4n) is 2.48. The molecule has 10 nitrogen and oxygen atoms in total. The van der Waals surface area contributed by atoms with Crippen molar-refractivity contribution in [1.82, 2.24) is 19.5 Å². The van der Waals surface area contributed by atoms with Crippen LogP contribution in [0.1, 0.15) is 6.23 Å². The lowest BCUT2D eigenvalue weighted by Gasteiger charge is -2.16. The molecule has 3 heterocycles. The summed E-state index contributed by atoms with van der Waals surface area (Å²) in [6, 6.07) is -0.577. The summed E-state index contributed by atoms with van der Waals surface area (Å²) in [5, 5.41) is 30.1. The van der Waals surface area contributed by atoms with Crippen LogP contribution in [-0.2, 0) is 9.53 Å². The Labute approximate surface area is 140 Å². The summed E-state index contributed by atoms with van der Waals surface area (Å²) < 4.78 is 7.16. The number of carbonyl (C=O) groups is 1. The summed E-state index contributed by atoms with van der Waals surface area (Å²) in [6.07, 6.45) is -0.654. The Morgan fingerprint density at radius 3 is 2.92 bits per heavy atom. The molecule has 1 saturated heterocycles. The highest BCUT2D eigenvalue weighted by atomic mass is 32.2. The maximum Gasteiger partial charge on any atom is 0.242 e. The molecule has 130 valence electrons. The van der Waals surface area contributed by atoms with Crippen LogP contribution in [0.2, 0.25) is 0 Å². The second-order valence-electron chi connectivity index (χ2n) is 5.41. The number of carbonyl (C=O) groups excluding carboxylic acids is 1. The molecule has 3 rings (SSSR count). The van der Waals surface area contributed by atoms with E-state index in [4.69, 9.17) is 10.5 Å². The molecule has 1 aliphatic rings. The van der Waals surface area contributed by atoms with Gasteiger partial charge in [-0.05, 0) is 0 Å². The molecular formula is C13H17N5O5S. The fourth-order valence-corrected chi connectivity index (χ4v) is 3.48. The predicted octanol–water partition coefficient (Wildman–Crippen LogP) is -1.59. The Morgan fingerprint density at radius 2 is 2.17 bits per heavy atom. The van der Waals surface area contributed by atoms with Gasteiger partial charge in [0.05, 0.1) is 18.5 Å². The molecule has 24 heavy (non-hydrogen) atoms. The van der Waals surface area contributed by atoms with Crippen LogP contribution in [0.3, 0.4) is 0 Å².